The van der Waals surface area contributed by atoms with Gasteiger partial charge in [0.25, 0.3) is 0 Å². The van der Waals surface area contributed by atoms with Crippen molar-refractivity contribution in [2.75, 3.05) is 20.1 Å². The Labute approximate surface area is 122 Å². The lowest BCUT2D eigenvalue weighted by Gasteiger charge is -2.15. The van der Waals surface area contributed by atoms with Gasteiger partial charge in [-0.25, -0.2) is 4.98 Å². The molecule has 0 spiro atoms. The number of imidazole rings is 1. The number of hydrogen-bond acceptors (Lipinski definition) is 2. The highest BCUT2D eigenvalue weighted by atomic mass is 35.5. The van der Waals surface area contributed by atoms with E-state index in [1.54, 1.807) is 6.07 Å². The first-order chi connectivity index (χ1) is 9.13. The first-order valence-electron chi connectivity index (χ1n) is 6.31. The largest absolute Gasteiger partial charge is 0.327 e. The second-order valence-electron chi connectivity index (χ2n) is 5.02. The van der Waals surface area contributed by atoms with Crippen LogP contribution in [-0.4, -0.2) is 34.6 Å². The fourth-order valence-corrected chi connectivity index (χ4v) is 3.18. The van der Waals surface area contributed by atoms with Crippen molar-refractivity contribution in [1.82, 2.24) is 14.5 Å². The Morgan fingerprint density at radius 2 is 1.95 bits per heavy atom. The molecule has 3 nitrogen and oxygen atoms in total. The zero-order valence-electron chi connectivity index (χ0n) is 10.7. The number of benzene rings is 1. The van der Waals surface area contributed by atoms with Gasteiger partial charge in [-0.05, 0) is 38.2 Å². The van der Waals surface area contributed by atoms with Crippen LogP contribution in [0.1, 0.15) is 12.5 Å². The molecule has 0 amide bonds. The summed E-state index contributed by atoms with van der Waals surface area (Å²) in [5, 5.41) is 1.28. The second-order valence-corrected chi connectivity index (χ2v) is 5.89. The van der Waals surface area contributed by atoms with Crippen LogP contribution in [0.2, 0.25) is 10.0 Å². The molecule has 2 aromatic rings. The van der Waals surface area contributed by atoms with Crippen LogP contribution in [0.25, 0.3) is 11.4 Å². The Morgan fingerprint density at radius 1 is 1.21 bits per heavy atom. The molecule has 1 unspecified atom stereocenters. The van der Waals surface area contributed by atoms with Crippen LogP contribution in [-0.2, 0) is 0 Å². The molecule has 5 heteroatoms. The molecular formula is C14H15Cl2N3. The summed E-state index contributed by atoms with van der Waals surface area (Å²) in [5.41, 5.74) is 0.969. The quantitative estimate of drug-likeness (QED) is 0.842. The molecule has 1 atom stereocenters. The molecule has 2 heterocycles. The van der Waals surface area contributed by atoms with Gasteiger partial charge in [0, 0.05) is 40.6 Å². The molecule has 0 aliphatic carbocycles. The molecule has 1 aromatic heterocycles. The number of aromatic nitrogens is 2. The third kappa shape index (κ3) is 2.64. The second kappa shape index (κ2) is 5.16. The maximum Gasteiger partial charge on any atom is 0.140 e. The normalized spacial score (nSPS) is 20.1. The Hall–Kier alpha value is -1.03. The van der Waals surface area contributed by atoms with E-state index in [2.05, 4.69) is 21.5 Å². The molecular weight excluding hydrogens is 281 g/mol. The number of likely N-dealkylation sites (tertiary alicyclic amines) is 1. The maximum absolute atomic E-state index is 6.07. The Balaban J connectivity index is 1.99. The standard InChI is InChI=1S/C14H15Cl2N3/c1-18-4-2-13(9-18)19-5-3-17-14(19)10-6-11(15)8-12(16)7-10/h3,5-8,13H,2,4,9H2,1H3. The van der Waals surface area contributed by atoms with Gasteiger partial charge in [0.1, 0.15) is 5.82 Å². The van der Waals surface area contributed by atoms with Gasteiger partial charge in [-0.3, -0.25) is 0 Å². The van der Waals surface area contributed by atoms with E-state index in [0.29, 0.717) is 16.1 Å². The monoisotopic (exact) mass is 295 g/mol. The Morgan fingerprint density at radius 3 is 2.58 bits per heavy atom. The van der Waals surface area contributed by atoms with E-state index in [0.717, 1.165) is 30.9 Å². The third-order valence-corrected chi connectivity index (χ3v) is 3.99. The predicted octanol–water partition coefficient (Wildman–Crippen LogP) is 3.73. The highest BCUT2D eigenvalue weighted by Gasteiger charge is 2.23. The molecule has 100 valence electrons. The zero-order valence-corrected chi connectivity index (χ0v) is 12.2. The SMILES string of the molecule is CN1CCC(n2ccnc2-c2cc(Cl)cc(Cl)c2)C1. The van der Waals surface area contributed by atoms with E-state index in [1.807, 2.05) is 24.5 Å². The van der Waals surface area contributed by atoms with E-state index >= 15 is 0 Å². The molecule has 3 rings (SSSR count). The van der Waals surface area contributed by atoms with Crippen molar-refractivity contribution in [2.24, 2.45) is 0 Å². The van der Waals surface area contributed by atoms with Gasteiger partial charge in [-0.2, -0.15) is 0 Å². The van der Waals surface area contributed by atoms with Crippen LogP contribution in [0.15, 0.2) is 30.6 Å². The highest BCUT2D eigenvalue weighted by molar-refractivity contribution is 6.35. The number of halogens is 2. The third-order valence-electron chi connectivity index (χ3n) is 3.55. The lowest BCUT2D eigenvalue weighted by Crippen LogP contribution is -2.16. The summed E-state index contributed by atoms with van der Waals surface area (Å²) < 4.78 is 2.23. The first-order valence-corrected chi connectivity index (χ1v) is 7.07. The molecule has 0 radical (unpaired) electrons. The van der Waals surface area contributed by atoms with Crippen LogP contribution in [0.5, 0.6) is 0 Å². The summed E-state index contributed by atoms with van der Waals surface area (Å²) in [6, 6.07) is 6.03. The van der Waals surface area contributed by atoms with Gasteiger partial charge in [-0.15, -0.1) is 0 Å². The lowest BCUT2D eigenvalue weighted by molar-refractivity contribution is 0.393. The van der Waals surface area contributed by atoms with Crippen molar-refractivity contribution in [3.05, 3.63) is 40.6 Å². The van der Waals surface area contributed by atoms with Crippen molar-refractivity contribution in [2.45, 2.75) is 12.5 Å². The molecule has 19 heavy (non-hydrogen) atoms. The number of likely N-dealkylation sites (N-methyl/N-ethyl adjacent to an activating group) is 1. The minimum atomic E-state index is 0.472. The lowest BCUT2D eigenvalue weighted by atomic mass is 10.2. The molecule has 1 aliphatic rings. The first kappa shape index (κ1) is 13.0. The van der Waals surface area contributed by atoms with E-state index < -0.39 is 0 Å². The van der Waals surface area contributed by atoms with Crippen molar-refractivity contribution in [3.8, 4) is 11.4 Å². The fraction of sp³-hybridized carbons (Fsp3) is 0.357. The van der Waals surface area contributed by atoms with Gasteiger partial charge in [0.15, 0.2) is 0 Å². The van der Waals surface area contributed by atoms with E-state index in [1.165, 1.54) is 0 Å². The van der Waals surface area contributed by atoms with Gasteiger partial charge in [0.05, 0.1) is 0 Å². The average molecular weight is 296 g/mol. The summed E-state index contributed by atoms with van der Waals surface area (Å²) in [6.45, 7) is 2.18. The minimum absolute atomic E-state index is 0.472. The predicted molar refractivity (Wildman–Crippen MR) is 78.8 cm³/mol. The fourth-order valence-electron chi connectivity index (χ4n) is 2.65. The van der Waals surface area contributed by atoms with Gasteiger partial charge in [-0.1, -0.05) is 23.2 Å². The molecule has 1 saturated heterocycles. The van der Waals surface area contributed by atoms with Crippen LogP contribution in [0.4, 0.5) is 0 Å². The smallest absolute Gasteiger partial charge is 0.140 e. The summed E-state index contributed by atoms with van der Waals surface area (Å²) in [4.78, 5) is 6.80. The number of hydrogen-bond donors (Lipinski definition) is 0. The molecule has 0 N–H and O–H groups in total. The molecule has 1 aliphatic heterocycles. The molecule has 1 fully saturated rings. The topological polar surface area (TPSA) is 21.1 Å². The van der Waals surface area contributed by atoms with E-state index in [9.17, 15) is 0 Å². The Kier molecular flexibility index (Phi) is 3.52. The van der Waals surface area contributed by atoms with Crippen molar-refractivity contribution in [1.29, 1.82) is 0 Å². The summed E-state index contributed by atoms with van der Waals surface area (Å²) in [5.74, 6) is 0.935. The van der Waals surface area contributed by atoms with Crippen LogP contribution in [0, 0.1) is 0 Å². The van der Waals surface area contributed by atoms with Crippen molar-refractivity contribution in [3.63, 3.8) is 0 Å². The summed E-state index contributed by atoms with van der Waals surface area (Å²) >= 11 is 12.1. The van der Waals surface area contributed by atoms with E-state index in [4.69, 9.17) is 23.2 Å². The Bertz CT molecular complexity index is 574. The highest BCUT2D eigenvalue weighted by Crippen LogP contribution is 2.30. The van der Waals surface area contributed by atoms with Crippen LogP contribution < -0.4 is 0 Å². The molecule has 1 aromatic carbocycles. The van der Waals surface area contributed by atoms with Crippen LogP contribution in [0.3, 0.4) is 0 Å². The van der Waals surface area contributed by atoms with Crippen molar-refractivity contribution >= 4 is 23.2 Å². The molecule has 0 bridgehead atoms. The summed E-state index contributed by atoms with van der Waals surface area (Å²) in [7, 11) is 2.15. The molecule has 0 saturated carbocycles. The summed E-state index contributed by atoms with van der Waals surface area (Å²) in [6.07, 6.45) is 5.02. The van der Waals surface area contributed by atoms with Gasteiger partial charge < -0.3 is 9.47 Å². The zero-order chi connectivity index (χ0) is 13.4. The van der Waals surface area contributed by atoms with Gasteiger partial charge >= 0.3 is 0 Å². The number of nitrogens with zero attached hydrogens (tertiary/aromatic N) is 3. The minimum Gasteiger partial charge on any atom is -0.327 e. The number of rotatable bonds is 2. The van der Waals surface area contributed by atoms with E-state index in [-0.39, 0.29) is 0 Å². The van der Waals surface area contributed by atoms with Crippen molar-refractivity contribution < 1.29 is 0 Å². The average Bonchev–Trinajstić information content (AvgIpc) is 2.95. The van der Waals surface area contributed by atoms with Crippen LogP contribution >= 0.6 is 23.2 Å². The van der Waals surface area contributed by atoms with Gasteiger partial charge in [0.2, 0.25) is 0 Å². The maximum atomic E-state index is 6.07.